The summed E-state index contributed by atoms with van der Waals surface area (Å²) in [7, 11) is 3.42. The van der Waals surface area contributed by atoms with Crippen LogP contribution in [0.1, 0.15) is 29.8 Å². The van der Waals surface area contributed by atoms with E-state index < -0.39 is 0 Å². The molecule has 4 heteroatoms. The molecule has 4 aromatic carbocycles. The molecule has 1 unspecified atom stereocenters. The lowest BCUT2D eigenvalue weighted by Gasteiger charge is -2.17. The second-order valence-electron chi connectivity index (χ2n) is 8.05. The van der Waals surface area contributed by atoms with E-state index in [-0.39, 0.29) is 5.92 Å². The number of benzene rings is 4. The molecule has 1 atom stereocenters. The Morgan fingerprint density at radius 2 is 1.56 bits per heavy atom. The predicted molar refractivity (Wildman–Crippen MR) is 130 cm³/mol. The number of ether oxygens (including phenoxy) is 2. The third kappa shape index (κ3) is 3.58. The number of nitrogens with zero attached hydrogens (tertiary/aromatic N) is 2. The number of hydrogen-bond donors (Lipinski definition) is 0. The zero-order valence-electron chi connectivity index (χ0n) is 18.6. The molecule has 0 aliphatic carbocycles. The van der Waals surface area contributed by atoms with Gasteiger partial charge in [-0.15, -0.1) is 0 Å². The average molecular weight is 423 g/mol. The number of para-hydroxylation sites is 3. The number of aromatic nitrogens is 2. The molecule has 0 saturated carbocycles. The standard InChI is InChI=1S/C28H26N2O2/c1-19(20-12-13-22-17-24(31-2)15-14-21(22)16-20)28-29-25-9-5-6-10-26(25)30(28)18-23-8-4-7-11-27(23)32-3/h4-17,19H,18H2,1-3H3. The van der Waals surface area contributed by atoms with E-state index in [2.05, 4.69) is 72.2 Å². The lowest BCUT2D eigenvalue weighted by atomic mass is 9.97. The molecule has 5 aromatic rings. The third-order valence-corrected chi connectivity index (χ3v) is 6.16. The molecular weight excluding hydrogens is 396 g/mol. The molecule has 0 aliphatic heterocycles. The van der Waals surface area contributed by atoms with Gasteiger partial charge in [-0.05, 0) is 46.7 Å². The minimum absolute atomic E-state index is 0.128. The largest absolute Gasteiger partial charge is 0.497 e. The van der Waals surface area contributed by atoms with E-state index >= 15 is 0 Å². The summed E-state index contributed by atoms with van der Waals surface area (Å²) in [6, 6.07) is 29.3. The van der Waals surface area contributed by atoms with Gasteiger partial charge in [0.15, 0.2) is 0 Å². The molecule has 0 amide bonds. The molecule has 5 rings (SSSR count). The normalized spacial score (nSPS) is 12.2. The van der Waals surface area contributed by atoms with E-state index in [1.807, 2.05) is 24.3 Å². The fourth-order valence-corrected chi connectivity index (χ4v) is 4.38. The van der Waals surface area contributed by atoms with Gasteiger partial charge < -0.3 is 14.0 Å². The number of hydrogen-bond acceptors (Lipinski definition) is 3. The topological polar surface area (TPSA) is 36.3 Å². The van der Waals surface area contributed by atoms with E-state index in [1.165, 1.54) is 16.3 Å². The van der Waals surface area contributed by atoms with Crippen LogP contribution in [0.3, 0.4) is 0 Å². The highest BCUT2D eigenvalue weighted by Crippen LogP contribution is 2.32. The minimum atomic E-state index is 0.128. The van der Waals surface area contributed by atoms with Crippen LogP contribution in [-0.4, -0.2) is 23.8 Å². The molecular formula is C28H26N2O2. The summed E-state index contributed by atoms with van der Waals surface area (Å²) in [5, 5.41) is 2.37. The van der Waals surface area contributed by atoms with Crippen LogP contribution < -0.4 is 9.47 Å². The summed E-state index contributed by atoms with van der Waals surface area (Å²) < 4.78 is 13.3. The quantitative estimate of drug-likeness (QED) is 0.317. The molecule has 4 nitrogen and oxygen atoms in total. The first kappa shape index (κ1) is 20.1. The van der Waals surface area contributed by atoms with Gasteiger partial charge in [0, 0.05) is 11.5 Å². The van der Waals surface area contributed by atoms with Crippen molar-refractivity contribution in [3.63, 3.8) is 0 Å². The van der Waals surface area contributed by atoms with E-state index in [0.29, 0.717) is 6.54 Å². The molecule has 1 aromatic heterocycles. The van der Waals surface area contributed by atoms with E-state index in [4.69, 9.17) is 14.5 Å². The summed E-state index contributed by atoms with van der Waals surface area (Å²) in [4.78, 5) is 5.05. The number of imidazole rings is 1. The van der Waals surface area contributed by atoms with Gasteiger partial charge in [-0.3, -0.25) is 0 Å². The lowest BCUT2D eigenvalue weighted by molar-refractivity contribution is 0.408. The molecule has 0 aliphatic rings. The Labute approximate surface area is 188 Å². The van der Waals surface area contributed by atoms with E-state index in [1.54, 1.807) is 14.2 Å². The van der Waals surface area contributed by atoms with Crippen LogP contribution in [0.2, 0.25) is 0 Å². The molecule has 32 heavy (non-hydrogen) atoms. The smallest absolute Gasteiger partial charge is 0.123 e. The van der Waals surface area contributed by atoms with E-state index in [9.17, 15) is 0 Å². The van der Waals surface area contributed by atoms with Gasteiger partial charge in [0.25, 0.3) is 0 Å². The van der Waals surface area contributed by atoms with Crippen LogP contribution in [0.5, 0.6) is 11.5 Å². The van der Waals surface area contributed by atoms with Crippen molar-refractivity contribution in [3.8, 4) is 11.5 Å². The summed E-state index contributed by atoms with van der Waals surface area (Å²) in [6.45, 7) is 2.93. The summed E-state index contributed by atoms with van der Waals surface area (Å²) in [5.41, 5.74) is 4.51. The van der Waals surface area contributed by atoms with Gasteiger partial charge in [-0.25, -0.2) is 4.98 Å². The summed E-state index contributed by atoms with van der Waals surface area (Å²) in [6.07, 6.45) is 0. The maximum absolute atomic E-state index is 5.61. The monoisotopic (exact) mass is 422 g/mol. The Balaban J connectivity index is 1.60. The van der Waals surface area contributed by atoms with Crippen LogP contribution in [0, 0.1) is 0 Å². The number of methoxy groups -OCH3 is 2. The fourth-order valence-electron chi connectivity index (χ4n) is 4.38. The first-order valence-corrected chi connectivity index (χ1v) is 10.8. The van der Waals surface area contributed by atoms with Crippen LogP contribution in [0.25, 0.3) is 21.8 Å². The first-order chi connectivity index (χ1) is 15.7. The van der Waals surface area contributed by atoms with Crippen molar-refractivity contribution in [2.45, 2.75) is 19.4 Å². The highest BCUT2D eigenvalue weighted by atomic mass is 16.5. The van der Waals surface area contributed by atoms with Crippen molar-refractivity contribution in [2.75, 3.05) is 14.2 Å². The molecule has 0 saturated heterocycles. The lowest BCUT2D eigenvalue weighted by Crippen LogP contribution is -2.10. The molecule has 0 N–H and O–H groups in total. The van der Waals surface area contributed by atoms with E-state index in [0.717, 1.165) is 33.9 Å². The Kier molecular flexibility index (Phi) is 5.28. The van der Waals surface area contributed by atoms with Crippen LogP contribution in [0.4, 0.5) is 0 Å². The second-order valence-corrected chi connectivity index (χ2v) is 8.05. The number of fused-ring (bicyclic) bond motifs is 2. The third-order valence-electron chi connectivity index (χ3n) is 6.16. The Hall–Kier alpha value is -3.79. The van der Waals surface area contributed by atoms with Crippen molar-refractivity contribution in [2.24, 2.45) is 0 Å². The molecule has 0 fully saturated rings. The van der Waals surface area contributed by atoms with Gasteiger partial charge in [0.05, 0.1) is 31.8 Å². The van der Waals surface area contributed by atoms with Gasteiger partial charge in [-0.2, -0.15) is 0 Å². The van der Waals surface area contributed by atoms with Crippen LogP contribution in [-0.2, 0) is 6.54 Å². The van der Waals surface area contributed by atoms with Gasteiger partial charge in [0.2, 0.25) is 0 Å². The molecule has 0 spiro atoms. The SMILES string of the molecule is COc1ccc2cc(C(C)c3nc4ccccc4n3Cc3ccccc3OC)ccc2c1. The zero-order chi connectivity index (χ0) is 22.1. The maximum atomic E-state index is 5.61. The van der Waals surface area contributed by atoms with Crippen molar-refractivity contribution >= 4 is 21.8 Å². The minimum Gasteiger partial charge on any atom is -0.497 e. The Morgan fingerprint density at radius 3 is 2.41 bits per heavy atom. The van der Waals surface area contributed by atoms with Crippen molar-refractivity contribution in [1.29, 1.82) is 0 Å². The maximum Gasteiger partial charge on any atom is 0.123 e. The molecule has 0 radical (unpaired) electrons. The molecule has 160 valence electrons. The van der Waals surface area contributed by atoms with Gasteiger partial charge in [-0.1, -0.05) is 61.5 Å². The summed E-state index contributed by atoms with van der Waals surface area (Å²) >= 11 is 0. The average Bonchev–Trinajstić information content (AvgIpc) is 3.21. The molecule has 0 bridgehead atoms. The van der Waals surface area contributed by atoms with Crippen molar-refractivity contribution < 1.29 is 9.47 Å². The van der Waals surface area contributed by atoms with Crippen molar-refractivity contribution in [3.05, 3.63) is 102 Å². The Morgan fingerprint density at radius 1 is 0.812 bits per heavy atom. The van der Waals surface area contributed by atoms with Gasteiger partial charge in [0.1, 0.15) is 17.3 Å². The number of rotatable bonds is 6. The highest BCUT2D eigenvalue weighted by molar-refractivity contribution is 5.85. The first-order valence-electron chi connectivity index (χ1n) is 10.8. The highest BCUT2D eigenvalue weighted by Gasteiger charge is 2.19. The Bertz CT molecular complexity index is 1400. The predicted octanol–water partition coefficient (Wildman–Crippen LogP) is 6.41. The van der Waals surface area contributed by atoms with Crippen LogP contribution >= 0.6 is 0 Å². The zero-order valence-corrected chi connectivity index (χ0v) is 18.6. The molecule has 1 heterocycles. The van der Waals surface area contributed by atoms with Crippen LogP contribution in [0.15, 0.2) is 84.9 Å². The van der Waals surface area contributed by atoms with Crippen molar-refractivity contribution in [1.82, 2.24) is 9.55 Å². The summed E-state index contributed by atoms with van der Waals surface area (Å²) in [5.74, 6) is 2.94. The fraction of sp³-hybridized carbons (Fsp3) is 0.179. The van der Waals surface area contributed by atoms with Gasteiger partial charge >= 0.3 is 0 Å². The second kappa shape index (κ2) is 8.39.